The average Bonchev–Trinajstić information content (AvgIpc) is 2.43. The van der Waals surface area contributed by atoms with Crippen LogP contribution in [0.2, 0.25) is 0 Å². The first-order chi connectivity index (χ1) is 5.77. The Morgan fingerprint density at radius 1 is 1.75 bits per heavy atom. The minimum absolute atomic E-state index is 0.0642. The molecule has 64 valence electrons. The molecule has 5 nitrogen and oxygen atoms in total. The van der Waals surface area contributed by atoms with Crippen molar-refractivity contribution in [3.8, 4) is 6.07 Å². The third kappa shape index (κ3) is 1.80. The summed E-state index contributed by atoms with van der Waals surface area (Å²) < 4.78 is 0. The lowest BCUT2D eigenvalue weighted by Gasteiger charge is -2.07. The van der Waals surface area contributed by atoms with Crippen LogP contribution in [0.15, 0.2) is 5.10 Å². The minimum atomic E-state index is -0.0642. The Morgan fingerprint density at radius 3 is 3.00 bits per heavy atom. The monoisotopic (exact) mass is 166 g/mol. The molecule has 1 heterocycles. The number of nitriles is 1. The van der Waals surface area contributed by atoms with Crippen molar-refractivity contribution in [1.82, 2.24) is 5.01 Å². The lowest BCUT2D eigenvalue weighted by Crippen LogP contribution is -2.21. The second-order valence-electron chi connectivity index (χ2n) is 2.47. The van der Waals surface area contributed by atoms with Crippen molar-refractivity contribution < 1.29 is 4.79 Å². The highest BCUT2D eigenvalue weighted by molar-refractivity contribution is 6.05. The topological polar surface area (TPSA) is 82.5 Å². The van der Waals surface area contributed by atoms with Crippen LogP contribution in [-0.4, -0.2) is 29.7 Å². The van der Waals surface area contributed by atoms with E-state index in [0.29, 0.717) is 31.6 Å². The van der Waals surface area contributed by atoms with Crippen molar-refractivity contribution in [2.24, 2.45) is 10.8 Å². The van der Waals surface area contributed by atoms with Crippen LogP contribution >= 0.6 is 0 Å². The van der Waals surface area contributed by atoms with E-state index in [0.717, 1.165) is 0 Å². The first-order valence-corrected chi connectivity index (χ1v) is 3.71. The van der Waals surface area contributed by atoms with Crippen LogP contribution in [0.5, 0.6) is 0 Å². The number of hydrogen-bond donors (Lipinski definition) is 1. The maximum absolute atomic E-state index is 11.1. The van der Waals surface area contributed by atoms with E-state index >= 15 is 0 Å². The van der Waals surface area contributed by atoms with Gasteiger partial charge in [-0.1, -0.05) is 0 Å². The molecular formula is C7H10N4O. The number of carbonyl (C=O) groups is 1. The number of amides is 1. The largest absolute Gasteiger partial charge is 0.325 e. The Bertz CT molecular complexity index is 253. The molecule has 12 heavy (non-hydrogen) atoms. The molecule has 0 aromatic rings. The normalized spacial score (nSPS) is 16.2. The standard InChI is InChI=1S/C7H10N4O/c8-2-1-3-11-7(12)4-6(5-9)10-11/h1,3-5,9H2. The summed E-state index contributed by atoms with van der Waals surface area (Å²) in [5.74, 6) is -0.0642. The predicted molar refractivity (Wildman–Crippen MR) is 43.0 cm³/mol. The van der Waals surface area contributed by atoms with E-state index in [1.54, 1.807) is 0 Å². The summed E-state index contributed by atoms with van der Waals surface area (Å²) >= 11 is 0. The van der Waals surface area contributed by atoms with Crippen molar-refractivity contribution in [2.75, 3.05) is 13.1 Å². The Balaban J connectivity index is 2.49. The fraction of sp³-hybridized carbons (Fsp3) is 0.571. The quantitative estimate of drug-likeness (QED) is 0.610. The highest BCUT2D eigenvalue weighted by Crippen LogP contribution is 2.07. The summed E-state index contributed by atoms with van der Waals surface area (Å²) in [5, 5.41) is 13.5. The highest BCUT2D eigenvalue weighted by Gasteiger charge is 2.21. The summed E-state index contributed by atoms with van der Waals surface area (Å²) in [5.41, 5.74) is 6.00. The molecule has 1 rings (SSSR count). The molecular weight excluding hydrogens is 156 g/mol. The van der Waals surface area contributed by atoms with Crippen LogP contribution in [0.1, 0.15) is 12.8 Å². The first kappa shape index (κ1) is 8.68. The first-order valence-electron chi connectivity index (χ1n) is 3.71. The highest BCUT2D eigenvalue weighted by atomic mass is 16.2. The molecule has 0 spiro atoms. The van der Waals surface area contributed by atoms with E-state index in [4.69, 9.17) is 11.0 Å². The van der Waals surface area contributed by atoms with Gasteiger partial charge >= 0.3 is 0 Å². The predicted octanol–water partition coefficient (Wildman–Crippen LogP) is -0.553. The second-order valence-corrected chi connectivity index (χ2v) is 2.47. The molecule has 0 saturated heterocycles. The lowest BCUT2D eigenvalue weighted by molar-refractivity contribution is -0.128. The zero-order valence-corrected chi connectivity index (χ0v) is 6.66. The van der Waals surface area contributed by atoms with Crippen molar-refractivity contribution in [1.29, 1.82) is 5.26 Å². The zero-order chi connectivity index (χ0) is 8.97. The maximum atomic E-state index is 11.1. The van der Waals surface area contributed by atoms with Gasteiger partial charge < -0.3 is 5.73 Å². The molecule has 1 amide bonds. The van der Waals surface area contributed by atoms with Gasteiger partial charge in [0.15, 0.2) is 0 Å². The van der Waals surface area contributed by atoms with E-state index in [1.807, 2.05) is 6.07 Å². The Kier molecular flexibility index (Phi) is 2.77. The number of hydrogen-bond acceptors (Lipinski definition) is 4. The minimum Gasteiger partial charge on any atom is -0.325 e. The second kappa shape index (κ2) is 3.83. The van der Waals surface area contributed by atoms with Gasteiger partial charge in [0.1, 0.15) is 0 Å². The van der Waals surface area contributed by atoms with Crippen LogP contribution in [0.3, 0.4) is 0 Å². The number of nitrogens with two attached hydrogens (primary N) is 1. The van der Waals surface area contributed by atoms with Crippen LogP contribution in [0, 0.1) is 11.3 Å². The SMILES string of the molecule is N#CCCN1N=C(CN)CC1=O. The fourth-order valence-electron chi connectivity index (χ4n) is 0.971. The number of carbonyl (C=O) groups excluding carboxylic acids is 1. The smallest absolute Gasteiger partial charge is 0.248 e. The van der Waals surface area contributed by atoms with Gasteiger partial charge in [0.2, 0.25) is 5.91 Å². The van der Waals surface area contributed by atoms with Gasteiger partial charge in [-0.3, -0.25) is 4.79 Å². The third-order valence-corrected chi connectivity index (χ3v) is 1.58. The van der Waals surface area contributed by atoms with E-state index in [1.165, 1.54) is 5.01 Å². The van der Waals surface area contributed by atoms with E-state index in [-0.39, 0.29) is 5.91 Å². The summed E-state index contributed by atoms with van der Waals surface area (Å²) in [6.45, 7) is 0.688. The van der Waals surface area contributed by atoms with Crippen LogP contribution in [-0.2, 0) is 4.79 Å². The Labute approximate surface area is 70.4 Å². The van der Waals surface area contributed by atoms with E-state index in [2.05, 4.69) is 5.10 Å². The van der Waals surface area contributed by atoms with Gasteiger partial charge in [-0.15, -0.1) is 0 Å². The molecule has 0 radical (unpaired) electrons. The molecule has 0 atom stereocenters. The Hall–Kier alpha value is -1.41. The molecule has 0 bridgehead atoms. The molecule has 0 aromatic heterocycles. The van der Waals surface area contributed by atoms with Gasteiger partial charge in [0, 0.05) is 6.54 Å². The molecule has 2 N–H and O–H groups in total. The van der Waals surface area contributed by atoms with E-state index < -0.39 is 0 Å². The zero-order valence-electron chi connectivity index (χ0n) is 6.66. The van der Waals surface area contributed by atoms with Crippen LogP contribution in [0.4, 0.5) is 0 Å². The number of hydrazone groups is 1. The van der Waals surface area contributed by atoms with Gasteiger partial charge in [-0.05, 0) is 0 Å². The fourth-order valence-corrected chi connectivity index (χ4v) is 0.971. The van der Waals surface area contributed by atoms with Crippen molar-refractivity contribution in [3.05, 3.63) is 0 Å². The van der Waals surface area contributed by atoms with Crippen molar-refractivity contribution >= 4 is 11.6 Å². The van der Waals surface area contributed by atoms with Crippen molar-refractivity contribution in [2.45, 2.75) is 12.8 Å². The number of nitrogens with zero attached hydrogens (tertiary/aromatic N) is 3. The maximum Gasteiger partial charge on any atom is 0.248 e. The van der Waals surface area contributed by atoms with Crippen molar-refractivity contribution in [3.63, 3.8) is 0 Å². The summed E-state index contributed by atoms with van der Waals surface area (Å²) in [6.07, 6.45) is 0.620. The van der Waals surface area contributed by atoms with Gasteiger partial charge in [0.25, 0.3) is 0 Å². The molecule has 0 fully saturated rings. The van der Waals surface area contributed by atoms with E-state index in [9.17, 15) is 4.79 Å². The lowest BCUT2D eigenvalue weighted by atomic mass is 10.3. The molecule has 0 aliphatic carbocycles. The van der Waals surface area contributed by atoms with Gasteiger partial charge in [0.05, 0.1) is 31.2 Å². The summed E-state index contributed by atoms with van der Waals surface area (Å²) in [4.78, 5) is 11.1. The van der Waals surface area contributed by atoms with Crippen LogP contribution < -0.4 is 5.73 Å². The van der Waals surface area contributed by atoms with Gasteiger partial charge in [-0.25, -0.2) is 5.01 Å². The molecule has 5 heteroatoms. The molecule has 0 saturated carbocycles. The molecule has 1 aliphatic heterocycles. The summed E-state index contributed by atoms with van der Waals surface area (Å²) in [6, 6.07) is 1.95. The summed E-state index contributed by atoms with van der Waals surface area (Å²) in [7, 11) is 0. The molecule has 1 aliphatic rings. The molecule has 0 unspecified atom stereocenters. The van der Waals surface area contributed by atoms with Crippen LogP contribution in [0.25, 0.3) is 0 Å². The Morgan fingerprint density at radius 2 is 2.50 bits per heavy atom. The average molecular weight is 166 g/mol. The third-order valence-electron chi connectivity index (χ3n) is 1.58. The van der Waals surface area contributed by atoms with Gasteiger partial charge in [-0.2, -0.15) is 10.4 Å². The molecule has 0 aromatic carbocycles. The number of rotatable bonds is 3.